The van der Waals surface area contributed by atoms with Crippen LogP contribution in [-0.2, 0) is 0 Å². The molecule has 2 aromatic carbocycles. The van der Waals surface area contributed by atoms with Gasteiger partial charge in [-0.1, -0.05) is 36.4 Å². The average molecular weight is 239 g/mol. The Morgan fingerprint density at radius 2 is 1.44 bits per heavy atom. The molecular weight excluding hydrogens is 218 g/mol. The summed E-state index contributed by atoms with van der Waals surface area (Å²) in [7, 11) is 0. The summed E-state index contributed by atoms with van der Waals surface area (Å²) in [5.41, 5.74) is 5.25. The van der Waals surface area contributed by atoms with E-state index in [0.717, 1.165) is 13.1 Å². The molecule has 0 saturated heterocycles. The lowest BCUT2D eigenvalue weighted by atomic mass is 10.0. The standard InChI is InChI=1S/C17H21N/c1-4-18(5-2)16-12-10-15(11-13-16)17-9-7-6-8-14(17)3/h6-13H,4-5H2,1-3H3. The fourth-order valence-electron chi connectivity index (χ4n) is 2.34. The maximum absolute atomic E-state index is 2.36. The van der Waals surface area contributed by atoms with Gasteiger partial charge in [-0.25, -0.2) is 0 Å². The molecule has 0 aliphatic heterocycles. The molecule has 0 radical (unpaired) electrons. The predicted octanol–water partition coefficient (Wildman–Crippen LogP) is 4.51. The van der Waals surface area contributed by atoms with E-state index in [1.165, 1.54) is 22.4 Å². The summed E-state index contributed by atoms with van der Waals surface area (Å²) in [6, 6.07) is 17.4. The van der Waals surface area contributed by atoms with Crippen LogP contribution in [0.4, 0.5) is 5.69 Å². The number of anilines is 1. The normalized spacial score (nSPS) is 10.4. The molecule has 94 valence electrons. The molecule has 0 heterocycles. The number of hydrogen-bond acceptors (Lipinski definition) is 1. The van der Waals surface area contributed by atoms with Crippen LogP contribution >= 0.6 is 0 Å². The highest BCUT2D eigenvalue weighted by Gasteiger charge is 2.03. The molecule has 0 aliphatic rings. The number of rotatable bonds is 4. The Morgan fingerprint density at radius 3 is 2.00 bits per heavy atom. The van der Waals surface area contributed by atoms with Crippen LogP contribution in [0.5, 0.6) is 0 Å². The van der Waals surface area contributed by atoms with Crippen molar-refractivity contribution in [1.82, 2.24) is 0 Å². The Bertz CT molecular complexity index is 495. The molecule has 0 bridgehead atoms. The Labute approximate surface area is 110 Å². The molecule has 0 N–H and O–H groups in total. The summed E-state index contributed by atoms with van der Waals surface area (Å²) in [5.74, 6) is 0. The zero-order valence-corrected chi connectivity index (χ0v) is 11.5. The van der Waals surface area contributed by atoms with Gasteiger partial charge < -0.3 is 4.90 Å². The first-order valence-electron chi connectivity index (χ1n) is 6.67. The number of nitrogens with zero attached hydrogens (tertiary/aromatic N) is 1. The van der Waals surface area contributed by atoms with Crippen molar-refractivity contribution in [3.63, 3.8) is 0 Å². The number of hydrogen-bond donors (Lipinski definition) is 0. The van der Waals surface area contributed by atoms with Crippen LogP contribution in [0.1, 0.15) is 19.4 Å². The van der Waals surface area contributed by atoms with Crippen molar-refractivity contribution in [3.05, 3.63) is 54.1 Å². The average Bonchev–Trinajstić information content (AvgIpc) is 2.42. The van der Waals surface area contributed by atoms with Crippen LogP contribution in [0.15, 0.2) is 48.5 Å². The fourth-order valence-corrected chi connectivity index (χ4v) is 2.34. The first kappa shape index (κ1) is 12.7. The minimum Gasteiger partial charge on any atom is -0.372 e. The van der Waals surface area contributed by atoms with E-state index < -0.39 is 0 Å². The van der Waals surface area contributed by atoms with Gasteiger partial charge in [-0.05, 0) is 49.6 Å². The highest BCUT2D eigenvalue weighted by Crippen LogP contribution is 2.25. The molecule has 0 atom stereocenters. The van der Waals surface area contributed by atoms with Crippen LogP contribution in [0.25, 0.3) is 11.1 Å². The van der Waals surface area contributed by atoms with Gasteiger partial charge in [0.2, 0.25) is 0 Å². The SMILES string of the molecule is CCN(CC)c1ccc(-c2ccccc2C)cc1. The van der Waals surface area contributed by atoms with Gasteiger partial charge in [0.05, 0.1) is 0 Å². The minimum absolute atomic E-state index is 1.06. The van der Waals surface area contributed by atoms with E-state index in [1.807, 2.05) is 0 Å². The van der Waals surface area contributed by atoms with Gasteiger partial charge >= 0.3 is 0 Å². The Kier molecular flexibility index (Phi) is 4.03. The van der Waals surface area contributed by atoms with Crippen LogP contribution in [0, 0.1) is 6.92 Å². The quantitative estimate of drug-likeness (QED) is 0.759. The van der Waals surface area contributed by atoms with E-state index in [4.69, 9.17) is 0 Å². The lowest BCUT2D eigenvalue weighted by molar-refractivity contribution is 0.866. The fraction of sp³-hybridized carbons (Fsp3) is 0.294. The molecule has 0 fully saturated rings. The molecule has 1 heteroatoms. The van der Waals surface area contributed by atoms with Gasteiger partial charge in [-0.2, -0.15) is 0 Å². The third kappa shape index (κ3) is 2.56. The smallest absolute Gasteiger partial charge is 0.0366 e. The second-order valence-corrected chi connectivity index (χ2v) is 4.53. The Hall–Kier alpha value is -1.76. The molecule has 0 amide bonds. The lowest BCUT2D eigenvalue weighted by Crippen LogP contribution is -2.21. The summed E-state index contributed by atoms with van der Waals surface area (Å²) in [6.45, 7) is 8.66. The molecule has 0 aliphatic carbocycles. The van der Waals surface area contributed by atoms with Crippen molar-refractivity contribution < 1.29 is 0 Å². The van der Waals surface area contributed by atoms with Crippen LogP contribution in [-0.4, -0.2) is 13.1 Å². The second kappa shape index (κ2) is 5.72. The van der Waals surface area contributed by atoms with Crippen molar-refractivity contribution in [3.8, 4) is 11.1 Å². The van der Waals surface area contributed by atoms with E-state index in [1.54, 1.807) is 0 Å². The summed E-state index contributed by atoms with van der Waals surface area (Å²) in [6.07, 6.45) is 0. The van der Waals surface area contributed by atoms with E-state index in [2.05, 4.69) is 74.2 Å². The molecule has 18 heavy (non-hydrogen) atoms. The van der Waals surface area contributed by atoms with Crippen molar-refractivity contribution in [2.75, 3.05) is 18.0 Å². The Balaban J connectivity index is 2.30. The predicted molar refractivity (Wildman–Crippen MR) is 80.2 cm³/mol. The van der Waals surface area contributed by atoms with E-state index >= 15 is 0 Å². The van der Waals surface area contributed by atoms with Gasteiger partial charge in [0.25, 0.3) is 0 Å². The van der Waals surface area contributed by atoms with Crippen molar-refractivity contribution >= 4 is 5.69 Å². The van der Waals surface area contributed by atoms with Crippen molar-refractivity contribution in [2.24, 2.45) is 0 Å². The minimum atomic E-state index is 1.06. The zero-order valence-electron chi connectivity index (χ0n) is 11.5. The highest BCUT2D eigenvalue weighted by atomic mass is 15.1. The molecule has 0 unspecified atom stereocenters. The first-order chi connectivity index (χ1) is 8.76. The van der Waals surface area contributed by atoms with Crippen LogP contribution in [0.2, 0.25) is 0 Å². The molecule has 2 aromatic rings. The Morgan fingerprint density at radius 1 is 0.833 bits per heavy atom. The summed E-state index contributed by atoms with van der Waals surface area (Å²) in [4.78, 5) is 2.36. The number of aryl methyl sites for hydroxylation is 1. The highest BCUT2D eigenvalue weighted by molar-refractivity contribution is 5.69. The monoisotopic (exact) mass is 239 g/mol. The van der Waals surface area contributed by atoms with E-state index in [9.17, 15) is 0 Å². The summed E-state index contributed by atoms with van der Waals surface area (Å²) >= 11 is 0. The molecule has 2 rings (SSSR count). The molecule has 0 aromatic heterocycles. The number of benzene rings is 2. The summed E-state index contributed by atoms with van der Waals surface area (Å²) in [5, 5.41) is 0. The largest absolute Gasteiger partial charge is 0.372 e. The van der Waals surface area contributed by atoms with Crippen molar-refractivity contribution in [2.45, 2.75) is 20.8 Å². The van der Waals surface area contributed by atoms with E-state index in [-0.39, 0.29) is 0 Å². The molecule has 1 nitrogen and oxygen atoms in total. The van der Waals surface area contributed by atoms with Gasteiger partial charge in [0.15, 0.2) is 0 Å². The maximum atomic E-state index is 2.36. The van der Waals surface area contributed by atoms with Gasteiger partial charge in [0, 0.05) is 18.8 Å². The first-order valence-corrected chi connectivity index (χ1v) is 6.67. The third-order valence-electron chi connectivity index (χ3n) is 3.45. The molecule has 0 saturated carbocycles. The van der Waals surface area contributed by atoms with Gasteiger partial charge in [0.1, 0.15) is 0 Å². The van der Waals surface area contributed by atoms with Gasteiger partial charge in [-0.15, -0.1) is 0 Å². The molecular formula is C17H21N. The van der Waals surface area contributed by atoms with Crippen LogP contribution < -0.4 is 4.90 Å². The van der Waals surface area contributed by atoms with Gasteiger partial charge in [-0.3, -0.25) is 0 Å². The lowest BCUT2D eigenvalue weighted by Gasteiger charge is -2.21. The second-order valence-electron chi connectivity index (χ2n) is 4.53. The third-order valence-corrected chi connectivity index (χ3v) is 3.45. The topological polar surface area (TPSA) is 3.24 Å². The maximum Gasteiger partial charge on any atom is 0.0366 e. The summed E-state index contributed by atoms with van der Waals surface area (Å²) < 4.78 is 0. The van der Waals surface area contributed by atoms with E-state index in [0.29, 0.717) is 0 Å². The van der Waals surface area contributed by atoms with Crippen LogP contribution in [0.3, 0.4) is 0 Å². The molecule has 0 spiro atoms. The van der Waals surface area contributed by atoms with Crippen molar-refractivity contribution in [1.29, 1.82) is 0 Å². The zero-order chi connectivity index (χ0) is 13.0.